The molecule has 1 unspecified atom stereocenters. The van der Waals surface area contributed by atoms with Crippen LogP contribution in [-0.2, 0) is 6.54 Å². The van der Waals surface area contributed by atoms with Crippen LogP contribution >= 0.6 is 11.8 Å². The van der Waals surface area contributed by atoms with E-state index in [-0.39, 0.29) is 0 Å². The molecule has 0 aliphatic carbocycles. The van der Waals surface area contributed by atoms with Gasteiger partial charge in [0.05, 0.1) is 5.52 Å². The Morgan fingerprint density at radius 2 is 2.16 bits per heavy atom. The smallest absolute Gasteiger partial charge is 0.191 e. The highest BCUT2D eigenvalue weighted by molar-refractivity contribution is 8.00. The van der Waals surface area contributed by atoms with E-state index in [1.807, 2.05) is 32.1 Å². The van der Waals surface area contributed by atoms with E-state index in [0.29, 0.717) is 5.25 Å². The third kappa shape index (κ3) is 4.57. The summed E-state index contributed by atoms with van der Waals surface area (Å²) in [5.74, 6) is 3.12. The predicted octanol–water partition coefficient (Wildman–Crippen LogP) is 2.86. The molecule has 1 aromatic heterocycles. The lowest BCUT2D eigenvalue weighted by atomic mass is 10.1. The van der Waals surface area contributed by atoms with Gasteiger partial charge in [-0.2, -0.15) is 11.8 Å². The van der Waals surface area contributed by atoms with Crippen LogP contribution in [0.25, 0.3) is 10.9 Å². The van der Waals surface area contributed by atoms with Gasteiger partial charge in [-0.3, -0.25) is 4.99 Å². The Labute approximate surface area is 154 Å². The van der Waals surface area contributed by atoms with Crippen molar-refractivity contribution in [1.82, 2.24) is 15.6 Å². The van der Waals surface area contributed by atoms with Crippen LogP contribution in [0.1, 0.15) is 18.4 Å². The molecule has 25 heavy (non-hydrogen) atoms. The molecule has 5 nitrogen and oxygen atoms in total. The second-order valence-corrected chi connectivity index (χ2v) is 7.90. The van der Waals surface area contributed by atoms with E-state index in [1.165, 1.54) is 29.5 Å². The van der Waals surface area contributed by atoms with E-state index < -0.39 is 0 Å². The lowest BCUT2D eigenvalue weighted by Crippen LogP contribution is -2.39. The van der Waals surface area contributed by atoms with Crippen LogP contribution < -0.4 is 15.5 Å². The fourth-order valence-corrected chi connectivity index (χ4v) is 4.22. The van der Waals surface area contributed by atoms with E-state index in [0.717, 1.165) is 30.4 Å². The Bertz CT molecular complexity index is 738. The van der Waals surface area contributed by atoms with Gasteiger partial charge < -0.3 is 15.5 Å². The number of para-hydroxylation sites is 1. The molecule has 134 valence electrons. The molecular weight excluding hydrogens is 330 g/mol. The number of anilines is 1. The fourth-order valence-electron chi connectivity index (χ4n) is 3.02. The molecule has 2 N–H and O–H groups in total. The van der Waals surface area contributed by atoms with Gasteiger partial charge in [-0.05, 0) is 36.3 Å². The van der Waals surface area contributed by atoms with Gasteiger partial charge >= 0.3 is 0 Å². The van der Waals surface area contributed by atoms with Crippen molar-refractivity contribution in [2.75, 3.05) is 38.3 Å². The first-order valence-electron chi connectivity index (χ1n) is 8.79. The monoisotopic (exact) mass is 357 g/mol. The summed E-state index contributed by atoms with van der Waals surface area (Å²) in [6.07, 6.45) is 2.63. The van der Waals surface area contributed by atoms with Gasteiger partial charge in [0.2, 0.25) is 0 Å². The van der Waals surface area contributed by atoms with Crippen LogP contribution in [0.2, 0.25) is 0 Å². The molecule has 2 heterocycles. The molecule has 0 saturated carbocycles. The Morgan fingerprint density at radius 3 is 2.88 bits per heavy atom. The number of thioether (sulfide) groups is 1. The van der Waals surface area contributed by atoms with Gasteiger partial charge in [-0.15, -0.1) is 0 Å². The topological polar surface area (TPSA) is 52.6 Å². The normalized spacial score (nSPS) is 17.7. The number of aromatic nitrogens is 1. The van der Waals surface area contributed by atoms with Crippen molar-refractivity contribution in [2.24, 2.45) is 4.99 Å². The maximum atomic E-state index is 4.72. The van der Waals surface area contributed by atoms with Crippen LogP contribution in [0.3, 0.4) is 0 Å². The molecule has 0 radical (unpaired) electrons. The zero-order valence-electron chi connectivity index (χ0n) is 15.2. The largest absolute Gasteiger partial charge is 0.363 e. The first kappa shape index (κ1) is 17.9. The number of aliphatic imine (C=N–C) groups is 1. The Hall–Kier alpha value is -1.95. The fraction of sp³-hybridized carbons (Fsp3) is 0.474. The maximum Gasteiger partial charge on any atom is 0.191 e. The summed E-state index contributed by atoms with van der Waals surface area (Å²) in [6.45, 7) is 1.70. The second kappa shape index (κ2) is 8.43. The van der Waals surface area contributed by atoms with Crippen LogP contribution in [0.4, 0.5) is 5.82 Å². The predicted molar refractivity (Wildman–Crippen MR) is 110 cm³/mol. The summed E-state index contributed by atoms with van der Waals surface area (Å²) in [7, 11) is 5.87. The molecule has 1 saturated heterocycles. The van der Waals surface area contributed by atoms with Gasteiger partial charge in [0.15, 0.2) is 5.96 Å². The molecule has 1 aromatic carbocycles. The summed E-state index contributed by atoms with van der Waals surface area (Å²) >= 11 is 2.06. The van der Waals surface area contributed by atoms with Gasteiger partial charge in [0.1, 0.15) is 5.82 Å². The van der Waals surface area contributed by atoms with Crippen molar-refractivity contribution in [3.8, 4) is 0 Å². The van der Waals surface area contributed by atoms with Crippen LogP contribution in [0.15, 0.2) is 35.3 Å². The minimum Gasteiger partial charge on any atom is -0.363 e. The molecule has 1 aliphatic heterocycles. The molecule has 0 amide bonds. The van der Waals surface area contributed by atoms with Gasteiger partial charge in [0, 0.05) is 44.9 Å². The minimum atomic E-state index is 0.709. The van der Waals surface area contributed by atoms with E-state index in [2.05, 4.69) is 51.7 Å². The number of benzene rings is 1. The number of rotatable bonds is 5. The van der Waals surface area contributed by atoms with Crippen molar-refractivity contribution in [3.63, 3.8) is 0 Å². The number of pyridine rings is 1. The molecule has 0 bridgehead atoms. The quantitative estimate of drug-likeness (QED) is 0.637. The number of hydrogen-bond acceptors (Lipinski definition) is 4. The average Bonchev–Trinajstić information content (AvgIpc) is 3.15. The standard InChI is InChI=1S/C19H27N5S/c1-20-19(22-13-15-7-6-10-25-15)21-12-14-11-18(24(2)3)23-17-9-5-4-8-16(14)17/h4-5,8-9,11,15H,6-7,10,12-13H2,1-3H3,(H2,20,21,22). The molecule has 6 heteroatoms. The lowest BCUT2D eigenvalue weighted by molar-refractivity contribution is 0.726. The SMILES string of the molecule is CN=C(NCc1cc(N(C)C)nc2ccccc12)NCC1CCCS1. The van der Waals surface area contributed by atoms with Crippen LogP contribution in [-0.4, -0.2) is 49.6 Å². The number of guanidine groups is 1. The lowest BCUT2D eigenvalue weighted by Gasteiger charge is -2.17. The summed E-state index contributed by atoms with van der Waals surface area (Å²) in [4.78, 5) is 11.1. The average molecular weight is 358 g/mol. The molecular formula is C19H27N5S. The van der Waals surface area contributed by atoms with Crippen molar-refractivity contribution < 1.29 is 0 Å². The molecule has 2 aromatic rings. The number of hydrogen-bond donors (Lipinski definition) is 2. The third-order valence-electron chi connectivity index (χ3n) is 4.44. The molecule has 1 fully saturated rings. The first-order chi connectivity index (χ1) is 12.2. The molecule has 1 aliphatic rings. The minimum absolute atomic E-state index is 0.709. The van der Waals surface area contributed by atoms with Crippen molar-refractivity contribution >= 4 is 34.4 Å². The Kier molecular flexibility index (Phi) is 6.02. The maximum absolute atomic E-state index is 4.72. The summed E-state index contributed by atoms with van der Waals surface area (Å²) < 4.78 is 0. The van der Waals surface area contributed by atoms with Crippen molar-refractivity contribution in [1.29, 1.82) is 0 Å². The third-order valence-corrected chi connectivity index (χ3v) is 5.84. The van der Waals surface area contributed by atoms with Crippen molar-refractivity contribution in [2.45, 2.75) is 24.6 Å². The van der Waals surface area contributed by atoms with E-state index in [9.17, 15) is 0 Å². The second-order valence-electron chi connectivity index (χ2n) is 6.49. The molecule has 0 spiro atoms. The number of nitrogens with zero attached hydrogens (tertiary/aromatic N) is 3. The highest BCUT2D eigenvalue weighted by atomic mass is 32.2. The molecule has 1 atom stereocenters. The Balaban J connectivity index is 1.70. The molecule has 3 rings (SSSR count). The van der Waals surface area contributed by atoms with E-state index in [4.69, 9.17) is 4.98 Å². The van der Waals surface area contributed by atoms with Gasteiger partial charge in [0.25, 0.3) is 0 Å². The Morgan fingerprint density at radius 1 is 1.32 bits per heavy atom. The summed E-state index contributed by atoms with van der Waals surface area (Å²) in [6, 6.07) is 10.4. The zero-order valence-corrected chi connectivity index (χ0v) is 16.1. The first-order valence-corrected chi connectivity index (χ1v) is 9.84. The van der Waals surface area contributed by atoms with Crippen LogP contribution in [0, 0.1) is 0 Å². The van der Waals surface area contributed by atoms with E-state index in [1.54, 1.807) is 0 Å². The number of fused-ring (bicyclic) bond motifs is 1. The summed E-state index contributed by atoms with van der Waals surface area (Å²) in [5, 5.41) is 8.80. The highest BCUT2D eigenvalue weighted by Crippen LogP contribution is 2.25. The van der Waals surface area contributed by atoms with Gasteiger partial charge in [-0.25, -0.2) is 4.98 Å². The zero-order chi connectivity index (χ0) is 17.6. The van der Waals surface area contributed by atoms with Crippen LogP contribution in [0.5, 0.6) is 0 Å². The van der Waals surface area contributed by atoms with Gasteiger partial charge in [-0.1, -0.05) is 18.2 Å². The summed E-state index contributed by atoms with van der Waals surface area (Å²) in [5.41, 5.74) is 2.25. The van der Waals surface area contributed by atoms with E-state index >= 15 is 0 Å². The van der Waals surface area contributed by atoms with Crippen molar-refractivity contribution in [3.05, 3.63) is 35.9 Å². The highest BCUT2D eigenvalue weighted by Gasteiger charge is 2.15. The number of nitrogens with one attached hydrogen (secondary N) is 2.